The van der Waals surface area contributed by atoms with Crippen molar-refractivity contribution < 1.29 is 13.2 Å². The Labute approximate surface area is 225 Å². The molecule has 1 amide bonds. The predicted molar refractivity (Wildman–Crippen MR) is 153 cm³/mol. The molecule has 2 aromatic rings. The second-order valence-electron chi connectivity index (χ2n) is 9.95. The molecular weight excluding hydrogens is 482 g/mol. The zero-order valence-electron chi connectivity index (χ0n) is 22.9. The zero-order chi connectivity index (χ0) is 26.9. The Bertz CT molecular complexity index is 982. The van der Waals surface area contributed by atoms with Crippen molar-refractivity contribution in [2.45, 2.75) is 89.5 Å². The summed E-state index contributed by atoms with van der Waals surface area (Å²) in [4.78, 5) is 17.9. The number of hydrogen-bond acceptors (Lipinski definition) is 4. The van der Waals surface area contributed by atoms with Gasteiger partial charge in [-0.25, -0.2) is 13.6 Å². The van der Waals surface area contributed by atoms with Crippen molar-refractivity contribution in [2.24, 2.45) is 5.14 Å². The summed E-state index contributed by atoms with van der Waals surface area (Å²) in [6.45, 7) is 8.54. The van der Waals surface area contributed by atoms with Crippen molar-refractivity contribution in [1.82, 2.24) is 9.80 Å². The molecule has 0 fully saturated rings. The summed E-state index contributed by atoms with van der Waals surface area (Å²) >= 11 is 0. The molecule has 0 aliphatic rings. The van der Waals surface area contributed by atoms with E-state index in [4.69, 9.17) is 5.14 Å². The highest BCUT2D eigenvalue weighted by Crippen LogP contribution is 2.13. The highest BCUT2D eigenvalue weighted by atomic mass is 32.2. The molecule has 2 aromatic carbocycles. The van der Waals surface area contributed by atoms with E-state index in [1.54, 1.807) is 12.1 Å². The molecule has 7 heteroatoms. The lowest BCUT2D eigenvalue weighted by Gasteiger charge is -2.26. The van der Waals surface area contributed by atoms with Crippen LogP contribution in [0.25, 0.3) is 0 Å². The number of carbonyl (C=O) groups is 1. The van der Waals surface area contributed by atoms with Gasteiger partial charge in [0.1, 0.15) is 0 Å². The molecule has 0 spiro atoms. The van der Waals surface area contributed by atoms with Gasteiger partial charge in [0.05, 0.1) is 4.90 Å². The molecule has 206 valence electrons. The molecular formula is C30H47N3O3S. The summed E-state index contributed by atoms with van der Waals surface area (Å²) in [5.74, 6) is 0.164. The van der Waals surface area contributed by atoms with Crippen molar-refractivity contribution in [1.29, 1.82) is 0 Å². The third-order valence-electron chi connectivity index (χ3n) is 6.79. The first kappa shape index (κ1) is 31.0. The Hall–Kier alpha value is -2.22. The van der Waals surface area contributed by atoms with E-state index >= 15 is 0 Å². The second kappa shape index (κ2) is 17.3. The Balaban J connectivity index is 2.00. The standard InChI is InChI=1S/C30H47N3O3S/c1-3-5-7-12-22-32(23-13-8-6-4-2)24-21-30(34)33(26-28-14-10-9-11-15-28)25-20-27-16-18-29(19-17-27)37(31,35)36/h9-11,14-19H,3-8,12-13,20-26H2,1-2H3,(H2,31,35,36). The van der Waals surface area contributed by atoms with Gasteiger partial charge in [-0.2, -0.15) is 0 Å². The first-order chi connectivity index (χ1) is 17.8. The van der Waals surface area contributed by atoms with Crippen LogP contribution in [0, 0.1) is 0 Å². The molecule has 0 bridgehead atoms. The van der Waals surface area contributed by atoms with Gasteiger partial charge >= 0.3 is 0 Å². The number of rotatable bonds is 19. The van der Waals surface area contributed by atoms with Crippen LogP contribution in [0.1, 0.15) is 82.8 Å². The van der Waals surface area contributed by atoms with Gasteiger partial charge in [0, 0.05) is 26.1 Å². The molecule has 2 rings (SSSR count). The maximum atomic E-state index is 13.4. The third-order valence-corrected chi connectivity index (χ3v) is 7.72. The second-order valence-corrected chi connectivity index (χ2v) is 11.5. The number of carbonyl (C=O) groups excluding carboxylic acids is 1. The lowest BCUT2D eigenvalue weighted by molar-refractivity contribution is -0.132. The Morgan fingerprint density at radius 2 is 1.32 bits per heavy atom. The molecule has 0 atom stereocenters. The van der Waals surface area contributed by atoms with Gasteiger partial charge in [-0.1, -0.05) is 94.8 Å². The first-order valence-corrected chi connectivity index (χ1v) is 15.5. The van der Waals surface area contributed by atoms with Crippen molar-refractivity contribution >= 4 is 15.9 Å². The molecule has 0 saturated carbocycles. The molecule has 0 aromatic heterocycles. The van der Waals surface area contributed by atoms with Crippen LogP contribution in [0.4, 0.5) is 0 Å². The number of sulfonamides is 1. The fourth-order valence-electron chi connectivity index (χ4n) is 4.48. The van der Waals surface area contributed by atoms with E-state index in [0.717, 1.165) is 30.8 Å². The number of hydrogen-bond donors (Lipinski definition) is 1. The van der Waals surface area contributed by atoms with Gasteiger partial charge in [0.2, 0.25) is 15.9 Å². The normalized spacial score (nSPS) is 11.7. The van der Waals surface area contributed by atoms with E-state index in [0.29, 0.717) is 25.9 Å². The van der Waals surface area contributed by atoms with Gasteiger partial charge in [0.15, 0.2) is 0 Å². The van der Waals surface area contributed by atoms with Crippen molar-refractivity contribution in [3.8, 4) is 0 Å². The Kier molecular flexibility index (Phi) is 14.5. The van der Waals surface area contributed by atoms with Gasteiger partial charge in [0.25, 0.3) is 0 Å². The molecule has 0 aliphatic heterocycles. The highest BCUT2D eigenvalue weighted by Gasteiger charge is 2.16. The molecule has 0 saturated heterocycles. The molecule has 0 aliphatic carbocycles. The SMILES string of the molecule is CCCCCCN(CCCCCC)CCC(=O)N(CCc1ccc(S(N)(=O)=O)cc1)Cc1ccccc1. The topological polar surface area (TPSA) is 83.7 Å². The largest absolute Gasteiger partial charge is 0.338 e. The van der Waals surface area contributed by atoms with E-state index in [2.05, 4.69) is 30.9 Å². The third kappa shape index (κ3) is 12.7. The van der Waals surface area contributed by atoms with Gasteiger partial charge in [-0.15, -0.1) is 0 Å². The summed E-state index contributed by atoms with van der Waals surface area (Å²) in [6.07, 6.45) is 11.1. The number of amides is 1. The molecule has 0 radical (unpaired) electrons. The van der Waals surface area contributed by atoms with Gasteiger partial charge < -0.3 is 9.80 Å². The van der Waals surface area contributed by atoms with Crippen LogP contribution in [0.2, 0.25) is 0 Å². The summed E-state index contributed by atoms with van der Waals surface area (Å²) in [7, 11) is -3.71. The summed E-state index contributed by atoms with van der Waals surface area (Å²) < 4.78 is 23.1. The summed E-state index contributed by atoms with van der Waals surface area (Å²) in [5.41, 5.74) is 2.09. The number of unbranched alkanes of at least 4 members (excludes halogenated alkanes) is 6. The van der Waals surface area contributed by atoms with E-state index in [9.17, 15) is 13.2 Å². The van der Waals surface area contributed by atoms with Gasteiger partial charge in [-0.3, -0.25) is 4.79 Å². The van der Waals surface area contributed by atoms with Crippen LogP contribution in [0.15, 0.2) is 59.5 Å². The van der Waals surface area contributed by atoms with E-state index in [1.807, 2.05) is 23.1 Å². The number of nitrogens with two attached hydrogens (primary N) is 1. The number of primary sulfonamides is 1. The quantitative estimate of drug-likeness (QED) is 0.235. The Morgan fingerprint density at radius 1 is 0.730 bits per heavy atom. The molecule has 6 nitrogen and oxygen atoms in total. The van der Waals surface area contributed by atoms with E-state index in [1.165, 1.54) is 63.5 Å². The average molecular weight is 530 g/mol. The zero-order valence-corrected chi connectivity index (χ0v) is 23.7. The molecule has 2 N–H and O–H groups in total. The predicted octanol–water partition coefficient (Wildman–Crippen LogP) is 5.76. The van der Waals surface area contributed by atoms with Crippen LogP contribution in [-0.4, -0.2) is 50.3 Å². The molecule has 37 heavy (non-hydrogen) atoms. The van der Waals surface area contributed by atoms with Gasteiger partial charge in [-0.05, 0) is 55.6 Å². The maximum Gasteiger partial charge on any atom is 0.238 e. The minimum atomic E-state index is -3.71. The van der Waals surface area contributed by atoms with Crippen LogP contribution >= 0.6 is 0 Å². The highest BCUT2D eigenvalue weighted by molar-refractivity contribution is 7.89. The average Bonchev–Trinajstić information content (AvgIpc) is 2.89. The number of nitrogens with zero attached hydrogens (tertiary/aromatic N) is 2. The monoisotopic (exact) mass is 529 g/mol. The van der Waals surface area contributed by atoms with E-state index < -0.39 is 10.0 Å². The smallest absolute Gasteiger partial charge is 0.238 e. The van der Waals surface area contributed by atoms with Crippen molar-refractivity contribution in [3.05, 3.63) is 65.7 Å². The lowest BCUT2D eigenvalue weighted by atomic mass is 10.1. The first-order valence-electron chi connectivity index (χ1n) is 14.0. The molecule has 0 unspecified atom stereocenters. The van der Waals surface area contributed by atoms with Crippen LogP contribution in [-0.2, 0) is 27.8 Å². The van der Waals surface area contributed by atoms with E-state index in [-0.39, 0.29) is 10.8 Å². The van der Waals surface area contributed by atoms with Crippen LogP contribution in [0.3, 0.4) is 0 Å². The van der Waals surface area contributed by atoms with Crippen molar-refractivity contribution in [3.63, 3.8) is 0 Å². The van der Waals surface area contributed by atoms with Crippen LogP contribution < -0.4 is 5.14 Å². The number of benzene rings is 2. The van der Waals surface area contributed by atoms with Crippen molar-refractivity contribution in [2.75, 3.05) is 26.2 Å². The summed E-state index contributed by atoms with van der Waals surface area (Å²) in [5, 5.41) is 5.22. The fraction of sp³-hybridized carbons (Fsp3) is 0.567. The minimum Gasteiger partial charge on any atom is -0.338 e. The summed E-state index contributed by atoms with van der Waals surface area (Å²) in [6, 6.07) is 16.7. The minimum absolute atomic E-state index is 0.103. The fourth-order valence-corrected chi connectivity index (χ4v) is 4.99. The molecule has 0 heterocycles. The van der Waals surface area contributed by atoms with Crippen LogP contribution in [0.5, 0.6) is 0 Å². The lowest BCUT2D eigenvalue weighted by Crippen LogP contribution is -2.36. The Morgan fingerprint density at radius 3 is 1.86 bits per heavy atom. The maximum absolute atomic E-state index is 13.4.